The number of aryl methyl sites for hydroxylation is 1. The lowest BCUT2D eigenvalue weighted by atomic mass is 9.96. The highest BCUT2D eigenvalue weighted by atomic mass is 19.1. The number of halogens is 1. The molecule has 112 valence electrons. The summed E-state index contributed by atoms with van der Waals surface area (Å²) in [5.74, 6) is 0.311. The second-order valence-corrected chi connectivity index (χ2v) is 5.78. The summed E-state index contributed by atoms with van der Waals surface area (Å²) in [6.45, 7) is 2.29. The van der Waals surface area contributed by atoms with E-state index in [0.29, 0.717) is 18.4 Å². The average molecular weight is 288 g/mol. The van der Waals surface area contributed by atoms with E-state index in [1.165, 1.54) is 44.2 Å². The second-order valence-electron chi connectivity index (χ2n) is 5.78. The van der Waals surface area contributed by atoms with Crippen LogP contribution in [0, 0.1) is 12.7 Å². The van der Waals surface area contributed by atoms with E-state index in [1.807, 2.05) is 19.2 Å². The third-order valence-electron chi connectivity index (χ3n) is 4.14. The molecular formula is C17H21FN2O. The first kappa shape index (κ1) is 14.1. The number of ether oxygens (including phenoxy) is 1. The van der Waals surface area contributed by atoms with Crippen LogP contribution in [0.15, 0.2) is 30.5 Å². The molecule has 1 aliphatic carbocycles. The quantitative estimate of drug-likeness (QED) is 0.833. The molecule has 3 nitrogen and oxygen atoms in total. The van der Waals surface area contributed by atoms with Crippen molar-refractivity contribution in [3.8, 4) is 5.75 Å². The van der Waals surface area contributed by atoms with Gasteiger partial charge in [-0.15, -0.1) is 0 Å². The van der Waals surface area contributed by atoms with Gasteiger partial charge in [0.05, 0.1) is 11.7 Å². The molecule has 0 spiro atoms. The molecule has 0 amide bonds. The van der Waals surface area contributed by atoms with Crippen molar-refractivity contribution in [2.24, 2.45) is 0 Å². The maximum Gasteiger partial charge on any atom is 0.132 e. The van der Waals surface area contributed by atoms with Crippen LogP contribution in [-0.4, -0.2) is 9.78 Å². The molecule has 1 aromatic heterocycles. The molecule has 1 aliphatic rings. The van der Waals surface area contributed by atoms with Crippen LogP contribution in [0.2, 0.25) is 0 Å². The van der Waals surface area contributed by atoms with Crippen LogP contribution >= 0.6 is 0 Å². The molecule has 4 heteroatoms. The predicted molar refractivity (Wildman–Crippen MR) is 79.8 cm³/mol. The molecule has 1 heterocycles. The van der Waals surface area contributed by atoms with E-state index in [9.17, 15) is 4.39 Å². The van der Waals surface area contributed by atoms with Gasteiger partial charge in [0.2, 0.25) is 0 Å². The molecule has 0 bridgehead atoms. The van der Waals surface area contributed by atoms with Crippen LogP contribution in [0.1, 0.15) is 49.4 Å². The predicted octanol–water partition coefficient (Wildman–Crippen LogP) is 4.41. The van der Waals surface area contributed by atoms with E-state index < -0.39 is 0 Å². The zero-order valence-corrected chi connectivity index (χ0v) is 12.4. The molecule has 0 saturated heterocycles. The fourth-order valence-electron chi connectivity index (χ4n) is 2.88. The molecular weight excluding hydrogens is 267 g/mol. The minimum atomic E-state index is -0.275. The smallest absolute Gasteiger partial charge is 0.132 e. The Morgan fingerprint density at radius 2 is 2.05 bits per heavy atom. The highest BCUT2D eigenvalue weighted by molar-refractivity contribution is 5.32. The summed E-state index contributed by atoms with van der Waals surface area (Å²) in [6.07, 6.45) is 8.38. The van der Waals surface area contributed by atoms with E-state index in [1.54, 1.807) is 6.07 Å². The molecule has 0 radical (unpaired) electrons. The van der Waals surface area contributed by atoms with Gasteiger partial charge >= 0.3 is 0 Å². The summed E-state index contributed by atoms with van der Waals surface area (Å²) < 4.78 is 21.0. The first-order chi connectivity index (χ1) is 10.2. The van der Waals surface area contributed by atoms with Gasteiger partial charge in [0, 0.05) is 12.3 Å². The molecule has 0 atom stereocenters. The zero-order valence-electron chi connectivity index (χ0n) is 12.4. The van der Waals surface area contributed by atoms with Crippen molar-refractivity contribution in [1.29, 1.82) is 0 Å². The first-order valence-electron chi connectivity index (χ1n) is 7.65. The minimum absolute atomic E-state index is 0.275. The Bertz CT molecular complexity index is 603. The summed E-state index contributed by atoms with van der Waals surface area (Å²) in [5, 5.41) is 4.60. The number of benzene rings is 1. The normalized spacial score (nSPS) is 16.1. The molecule has 2 aromatic rings. The van der Waals surface area contributed by atoms with Crippen molar-refractivity contribution in [1.82, 2.24) is 9.78 Å². The van der Waals surface area contributed by atoms with Crippen molar-refractivity contribution >= 4 is 0 Å². The largest absolute Gasteiger partial charge is 0.487 e. The Labute approximate surface area is 124 Å². The van der Waals surface area contributed by atoms with Crippen LogP contribution in [-0.2, 0) is 6.61 Å². The Morgan fingerprint density at radius 1 is 1.24 bits per heavy atom. The maximum atomic E-state index is 13.2. The van der Waals surface area contributed by atoms with Crippen LogP contribution in [0.5, 0.6) is 5.75 Å². The van der Waals surface area contributed by atoms with Crippen molar-refractivity contribution in [2.45, 2.75) is 51.7 Å². The van der Waals surface area contributed by atoms with Gasteiger partial charge in [0.1, 0.15) is 18.2 Å². The SMILES string of the molecule is Cc1ccc(F)cc1OCc1ccn(C2CCCCC2)n1. The fraction of sp³-hybridized carbons (Fsp3) is 0.471. The minimum Gasteiger partial charge on any atom is -0.487 e. The van der Waals surface area contributed by atoms with Crippen molar-refractivity contribution in [3.63, 3.8) is 0 Å². The van der Waals surface area contributed by atoms with Gasteiger partial charge in [0.15, 0.2) is 0 Å². The first-order valence-corrected chi connectivity index (χ1v) is 7.65. The molecule has 1 fully saturated rings. The lowest BCUT2D eigenvalue weighted by Crippen LogP contribution is -2.13. The van der Waals surface area contributed by atoms with Crippen LogP contribution in [0.4, 0.5) is 4.39 Å². The number of aromatic nitrogens is 2. The summed E-state index contributed by atoms with van der Waals surface area (Å²) >= 11 is 0. The Kier molecular flexibility index (Phi) is 4.23. The van der Waals surface area contributed by atoms with E-state index in [-0.39, 0.29) is 5.82 Å². The van der Waals surface area contributed by atoms with Crippen LogP contribution in [0.3, 0.4) is 0 Å². The third kappa shape index (κ3) is 3.43. The topological polar surface area (TPSA) is 27.1 Å². The zero-order chi connectivity index (χ0) is 14.7. The highest BCUT2D eigenvalue weighted by Gasteiger charge is 2.16. The van der Waals surface area contributed by atoms with Crippen LogP contribution < -0.4 is 4.74 Å². The number of hydrogen-bond donors (Lipinski definition) is 0. The molecule has 1 saturated carbocycles. The van der Waals surface area contributed by atoms with E-state index >= 15 is 0 Å². The molecule has 21 heavy (non-hydrogen) atoms. The summed E-state index contributed by atoms with van der Waals surface area (Å²) in [4.78, 5) is 0. The van der Waals surface area contributed by atoms with E-state index in [4.69, 9.17) is 4.74 Å². The summed E-state index contributed by atoms with van der Waals surface area (Å²) in [5.41, 5.74) is 1.83. The fourth-order valence-corrected chi connectivity index (χ4v) is 2.88. The third-order valence-corrected chi connectivity index (χ3v) is 4.14. The maximum absolute atomic E-state index is 13.2. The Morgan fingerprint density at radius 3 is 2.86 bits per heavy atom. The molecule has 3 rings (SSSR count). The van der Waals surface area contributed by atoms with Gasteiger partial charge in [-0.1, -0.05) is 25.3 Å². The summed E-state index contributed by atoms with van der Waals surface area (Å²) in [6, 6.07) is 7.12. The van der Waals surface area contributed by atoms with Gasteiger partial charge in [-0.3, -0.25) is 4.68 Å². The number of hydrogen-bond acceptors (Lipinski definition) is 2. The lowest BCUT2D eigenvalue weighted by molar-refractivity contribution is 0.288. The molecule has 0 aliphatic heterocycles. The average Bonchev–Trinajstić information content (AvgIpc) is 2.98. The molecule has 0 N–H and O–H groups in total. The summed E-state index contributed by atoms with van der Waals surface area (Å²) in [7, 11) is 0. The van der Waals surface area contributed by atoms with Gasteiger partial charge in [-0.05, 0) is 37.5 Å². The molecule has 1 aromatic carbocycles. The van der Waals surface area contributed by atoms with Crippen molar-refractivity contribution in [2.75, 3.05) is 0 Å². The van der Waals surface area contributed by atoms with E-state index in [2.05, 4.69) is 9.78 Å². The van der Waals surface area contributed by atoms with Crippen molar-refractivity contribution in [3.05, 3.63) is 47.5 Å². The van der Waals surface area contributed by atoms with Crippen LogP contribution in [0.25, 0.3) is 0 Å². The van der Waals surface area contributed by atoms with Gasteiger partial charge in [-0.2, -0.15) is 5.10 Å². The molecule has 0 unspecified atom stereocenters. The number of nitrogens with zero attached hydrogens (tertiary/aromatic N) is 2. The van der Waals surface area contributed by atoms with Gasteiger partial charge < -0.3 is 4.74 Å². The Hall–Kier alpha value is -1.84. The van der Waals surface area contributed by atoms with Crippen molar-refractivity contribution < 1.29 is 9.13 Å². The Balaban J connectivity index is 1.63. The van der Waals surface area contributed by atoms with Gasteiger partial charge in [-0.25, -0.2) is 4.39 Å². The standard InChI is InChI=1S/C17H21FN2O/c1-13-7-8-14(18)11-17(13)21-12-15-9-10-20(19-15)16-5-3-2-4-6-16/h7-11,16H,2-6,12H2,1H3. The van der Waals surface area contributed by atoms with E-state index in [0.717, 1.165) is 11.3 Å². The number of rotatable bonds is 4. The highest BCUT2D eigenvalue weighted by Crippen LogP contribution is 2.27. The lowest BCUT2D eigenvalue weighted by Gasteiger charge is -2.21. The van der Waals surface area contributed by atoms with Gasteiger partial charge in [0.25, 0.3) is 0 Å². The second kappa shape index (κ2) is 6.29. The monoisotopic (exact) mass is 288 g/mol.